The Balaban J connectivity index is 1.21. The minimum atomic E-state index is -0.358. The largest absolute Gasteiger partial charge is 0.446 e. The van der Waals surface area contributed by atoms with Gasteiger partial charge in [0.25, 0.3) is 0 Å². The first-order valence-electron chi connectivity index (χ1n) is 16.5. The monoisotopic (exact) mass is 567 g/mol. The predicted molar refractivity (Wildman–Crippen MR) is 168 cm³/mol. The van der Waals surface area contributed by atoms with Gasteiger partial charge < -0.3 is 4.74 Å². The molecular formula is C36H54ClNO2. The zero-order valence-corrected chi connectivity index (χ0v) is 26.7. The summed E-state index contributed by atoms with van der Waals surface area (Å²) in [6.07, 6.45) is 16.2. The molecule has 3 nitrogen and oxygen atoms in total. The van der Waals surface area contributed by atoms with Crippen LogP contribution in [0.5, 0.6) is 0 Å². The van der Waals surface area contributed by atoms with Crippen molar-refractivity contribution in [3.63, 3.8) is 0 Å². The van der Waals surface area contributed by atoms with Gasteiger partial charge in [-0.2, -0.15) is 0 Å². The molecule has 0 aliphatic heterocycles. The molecule has 0 heterocycles. The fourth-order valence-corrected chi connectivity index (χ4v) is 10.3. The van der Waals surface area contributed by atoms with Gasteiger partial charge in [0.05, 0.1) is 0 Å². The summed E-state index contributed by atoms with van der Waals surface area (Å²) in [5.74, 6) is 5.91. The molecule has 5 rings (SSSR count). The summed E-state index contributed by atoms with van der Waals surface area (Å²) < 4.78 is 5.92. The summed E-state index contributed by atoms with van der Waals surface area (Å²) >= 11 is 5.98. The number of rotatable bonds is 8. The van der Waals surface area contributed by atoms with Crippen molar-refractivity contribution < 1.29 is 9.53 Å². The number of carbonyl (C=O) groups is 1. The number of allylic oxidation sites excluding steroid dienone is 1. The highest BCUT2D eigenvalue weighted by atomic mass is 35.5. The van der Waals surface area contributed by atoms with Crippen molar-refractivity contribution in [2.75, 3.05) is 5.32 Å². The summed E-state index contributed by atoms with van der Waals surface area (Å²) in [5.41, 5.74) is 3.07. The normalized spacial score (nSPS) is 36.6. The lowest BCUT2D eigenvalue weighted by Gasteiger charge is -2.58. The number of hydrogen-bond donors (Lipinski definition) is 1. The lowest BCUT2D eigenvalue weighted by Crippen LogP contribution is -2.51. The number of carbonyl (C=O) groups excluding carboxylic acids is 1. The van der Waals surface area contributed by atoms with E-state index in [9.17, 15) is 4.79 Å². The van der Waals surface area contributed by atoms with Crippen molar-refractivity contribution in [3.8, 4) is 0 Å². The van der Waals surface area contributed by atoms with E-state index in [1.807, 2.05) is 12.1 Å². The van der Waals surface area contributed by atoms with Gasteiger partial charge in [-0.05, 0) is 128 Å². The lowest BCUT2D eigenvalue weighted by molar-refractivity contribution is -0.0579. The second-order valence-corrected chi connectivity index (χ2v) is 15.3. The van der Waals surface area contributed by atoms with E-state index in [1.165, 1.54) is 51.4 Å². The topological polar surface area (TPSA) is 38.3 Å². The molecular weight excluding hydrogens is 514 g/mol. The van der Waals surface area contributed by atoms with Gasteiger partial charge in [0.1, 0.15) is 6.10 Å². The molecule has 0 aromatic heterocycles. The molecule has 0 spiro atoms. The smallest absolute Gasteiger partial charge is 0.411 e. The third-order valence-corrected chi connectivity index (χ3v) is 12.9. The van der Waals surface area contributed by atoms with Crippen LogP contribution >= 0.6 is 11.6 Å². The van der Waals surface area contributed by atoms with Crippen molar-refractivity contribution >= 4 is 23.4 Å². The zero-order chi connectivity index (χ0) is 28.7. The maximum absolute atomic E-state index is 12.6. The minimum Gasteiger partial charge on any atom is -0.446 e. The van der Waals surface area contributed by atoms with Crippen LogP contribution in [0.4, 0.5) is 10.5 Å². The van der Waals surface area contributed by atoms with E-state index in [-0.39, 0.29) is 17.6 Å². The summed E-state index contributed by atoms with van der Waals surface area (Å²) in [6, 6.07) is 7.18. The highest BCUT2D eigenvalue weighted by Crippen LogP contribution is 2.67. The van der Waals surface area contributed by atoms with Gasteiger partial charge in [-0.15, -0.1) is 0 Å². The highest BCUT2D eigenvalue weighted by molar-refractivity contribution is 6.30. The first-order chi connectivity index (χ1) is 19.0. The molecule has 1 amide bonds. The summed E-state index contributed by atoms with van der Waals surface area (Å²) in [6.45, 7) is 15.0. The van der Waals surface area contributed by atoms with Gasteiger partial charge in [-0.3, -0.25) is 5.32 Å². The molecule has 0 saturated heterocycles. The van der Waals surface area contributed by atoms with E-state index >= 15 is 0 Å². The quantitative estimate of drug-likeness (QED) is 0.317. The van der Waals surface area contributed by atoms with Crippen LogP contribution in [0.2, 0.25) is 5.02 Å². The summed E-state index contributed by atoms with van der Waals surface area (Å²) in [7, 11) is 0. The molecule has 0 unspecified atom stereocenters. The van der Waals surface area contributed by atoms with Crippen molar-refractivity contribution in [3.05, 3.63) is 40.9 Å². The number of fused-ring (bicyclic) bond motifs is 5. The molecule has 1 aromatic rings. The lowest BCUT2D eigenvalue weighted by atomic mass is 9.47. The first-order valence-corrected chi connectivity index (χ1v) is 16.9. The van der Waals surface area contributed by atoms with Gasteiger partial charge in [0.2, 0.25) is 0 Å². The highest BCUT2D eigenvalue weighted by Gasteiger charge is 2.59. The molecule has 1 aromatic carbocycles. The van der Waals surface area contributed by atoms with E-state index in [0.717, 1.165) is 60.7 Å². The molecule has 1 N–H and O–H groups in total. The number of benzene rings is 1. The summed E-state index contributed by atoms with van der Waals surface area (Å²) in [5, 5.41) is 3.53. The molecule has 4 heteroatoms. The van der Waals surface area contributed by atoms with Crippen molar-refractivity contribution in [2.45, 2.75) is 118 Å². The van der Waals surface area contributed by atoms with E-state index < -0.39 is 0 Å². The third kappa shape index (κ3) is 5.75. The minimum absolute atomic E-state index is 0.0356. The standard InChI is InChI=1S/C36H54ClNO2/c1-7-25(23(2)3)9-8-24(4)31-16-17-32-30-15-10-26-22-29(40-34(39)38-28-13-11-27(37)12-14-28)18-20-35(26,5)33(30)19-21-36(31,32)6/h10-14,23-25,29-33H,7-9,15-22H2,1-6H3,(H,38,39)/t24-,25+,29-,30-,31+,32-,33-,35-,36+/m0/s1. The van der Waals surface area contributed by atoms with Crippen LogP contribution in [0.15, 0.2) is 35.9 Å². The van der Waals surface area contributed by atoms with Crippen LogP contribution in [0.1, 0.15) is 112 Å². The van der Waals surface area contributed by atoms with Gasteiger partial charge in [0.15, 0.2) is 0 Å². The maximum atomic E-state index is 12.6. The second-order valence-electron chi connectivity index (χ2n) is 14.9. The molecule has 3 fully saturated rings. The Bertz CT molecular complexity index is 1070. The van der Waals surface area contributed by atoms with Crippen LogP contribution in [0.3, 0.4) is 0 Å². The van der Waals surface area contributed by atoms with Crippen molar-refractivity contribution in [2.24, 2.45) is 52.3 Å². The molecule has 40 heavy (non-hydrogen) atoms. The number of nitrogens with one attached hydrogen (secondary N) is 1. The summed E-state index contributed by atoms with van der Waals surface area (Å²) in [4.78, 5) is 12.6. The zero-order valence-electron chi connectivity index (χ0n) is 26.0. The molecule has 222 valence electrons. The van der Waals surface area contributed by atoms with Gasteiger partial charge in [-0.1, -0.05) is 77.6 Å². The van der Waals surface area contributed by atoms with Gasteiger partial charge >= 0.3 is 6.09 Å². The number of amides is 1. The Morgan fingerprint density at radius 3 is 2.48 bits per heavy atom. The Kier molecular flexibility index (Phi) is 9.01. The number of hydrogen-bond acceptors (Lipinski definition) is 2. The molecule has 0 radical (unpaired) electrons. The van der Waals surface area contributed by atoms with Crippen LogP contribution in [0.25, 0.3) is 0 Å². The Labute approximate surface area is 249 Å². The Hall–Kier alpha value is -1.48. The average Bonchev–Trinajstić information content (AvgIpc) is 3.27. The van der Waals surface area contributed by atoms with Crippen molar-refractivity contribution in [1.82, 2.24) is 0 Å². The molecule has 4 aliphatic rings. The number of ether oxygens (including phenoxy) is 1. The Morgan fingerprint density at radius 1 is 1.02 bits per heavy atom. The van der Waals surface area contributed by atoms with Crippen LogP contribution in [0, 0.1) is 52.3 Å². The van der Waals surface area contributed by atoms with E-state index in [2.05, 4.69) is 52.9 Å². The Morgan fingerprint density at radius 2 is 1.77 bits per heavy atom. The van der Waals surface area contributed by atoms with E-state index in [4.69, 9.17) is 16.3 Å². The SMILES string of the molecule is CC[C@H](CC[C@H](C)[C@H]1CC[C@H]2[C@@H]3CC=C4C[C@@H](OC(=O)Nc5ccc(Cl)cc5)CC[C@]4(C)[C@H]3CC[C@]12C)C(C)C. The van der Waals surface area contributed by atoms with E-state index in [0.29, 0.717) is 16.1 Å². The second kappa shape index (κ2) is 12.0. The van der Waals surface area contributed by atoms with Gasteiger partial charge in [0, 0.05) is 17.1 Å². The average molecular weight is 568 g/mol. The van der Waals surface area contributed by atoms with E-state index in [1.54, 1.807) is 17.7 Å². The number of anilines is 1. The predicted octanol–water partition coefficient (Wildman–Crippen LogP) is 10.9. The van der Waals surface area contributed by atoms with Crippen LogP contribution < -0.4 is 5.32 Å². The fraction of sp³-hybridized carbons (Fsp3) is 0.750. The fourth-order valence-electron chi connectivity index (χ4n) is 10.2. The molecule has 0 bridgehead atoms. The van der Waals surface area contributed by atoms with Crippen molar-refractivity contribution in [1.29, 1.82) is 0 Å². The molecule has 3 saturated carbocycles. The maximum Gasteiger partial charge on any atom is 0.411 e. The third-order valence-electron chi connectivity index (χ3n) is 12.6. The molecule has 9 atom stereocenters. The number of halogens is 1. The first kappa shape index (κ1) is 30.0. The molecule has 4 aliphatic carbocycles. The van der Waals surface area contributed by atoms with Gasteiger partial charge in [-0.25, -0.2) is 4.79 Å². The van der Waals surface area contributed by atoms with Crippen LogP contribution in [-0.2, 0) is 4.74 Å². The van der Waals surface area contributed by atoms with Crippen LogP contribution in [-0.4, -0.2) is 12.2 Å².